The van der Waals surface area contributed by atoms with Crippen LogP contribution in [0.15, 0.2) is 58.5 Å². The van der Waals surface area contributed by atoms with Crippen molar-refractivity contribution in [2.45, 2.75) is 43.4 Å². The number of rotatable bonds is 6. The second-order valence-electron chi connectivity index (χ2n) is 7.91. The molecule has 9 heteroatoms. The maximum atomic E-state index is 13.3. The molecule has 2 aromatic rings. The predicted molar refractivity (Wildman–Crippen MR) is 122 cm³/mol. The summed E-state index contributed by atoms with van der Waals surface area (Å²) in [4.78, 5) is 26.5. The van der Waals surface area contributed by atoms with Crippen LogP contribution in [0.25, 0.3) is 0 Å². The molecule has 2 amide bonds. The molecule has 1 aliphatic heterocycles. The molecule has 0 saturated heterocycles. The number of ether oxygens (including phenoxy) is 1. The monoisotopic (exact) mass is 442 g/mol. The summed E-state index contributed by atoms with van der Waals surface area (Å²) >= 11 is 0. The molecular weight excluding hydrogens is 416 g/mol. The van der Waals surface area contributed by atoms with Gasteiger partial charge < -0.3 is 20.8 Å². The molecule has 31 heavy (non-hydrogen) atoms. The number of carbonyl (C=O) groups is 2. The number of anilines is 2. The molecule has 2 atom stereocenters. The van der Waals surface area contributed by atoms with Gasteiger partial charge >= 0.3 is 0 Å². The molecule has 0 saturated carbocycles. The zero-order valence-electron chi connectivity index (χ0n) is 17.9. The van der Waals surface area contributed by atoms with Gasteiger partial charge in [-0.15, -0.1) is 0 Å². The van der Waals surface area contributed by atoms with Crippen LogP contribution in [0.5, 0.6) is 5.75 Å². The maximum Gasteiger partial charge on any atom is 0.273 e. The van der Waals surface area contributed by atoms with Crippen LogP contribution in [-0.2, 0) is 20.4 Å². The van der Waals surface area contributed by atoms with E-state index in [2.05, 4.69) is 21.2 Å². The van der Waals surface area contributed by atoms with Crippen molar-refractivity contribution in [1.29, 1.82) is 0 Å². The molecular formula is C22H26N4O4S. The Morgan fingerprint density at radius 3 is 2.55 bits per heavy atom. The Kier molecular flexibility index (Phi) is 6.74. The fourth-order valence-electron chi connectivity index (χ4n) is 2.89. The molecule has 0 aromatic heterocycles. The van der Waals surface area contributed by atoms with Crippen molar-refractivity contribution in [3.8, 4) is 5.75 Å². The van der Waals surface area contributed by atoms with Crippen molar-refractivity contribution < 1.29 is 18.5 Å². The first kappa shape index (κ1) is 22.5. The minimum absolute atomic E-state index is 0.174. The molecule has 0 unspecified atom stereocenters. The SMILES string of the molecule is CCOc1ccccc1NC(=O)/C(=N\NC(C)(C)C)[C@H]1C(=O)Nc2ccccc2[S@@]1=O. The van der Waals surface area contributed by atoms with Gasteiger partial charge in [-0.1, -0.05) is 24.3 Å². The van der Waals surface area contributed by atoms with E-state index in [1.165, 1.54) is 0 Å². The molecule has 2 aromatic carbocycles. The quantitative estimate of drug-likeness (QED) is 0.471. The van der Waals surface area contributed by atoms with Crippen LogP contribution < -0.4 is 20.8 Å². The molecule has 1 aliphatic rings. The van der Waals surface area contributed by atoms with Gasteiger partial charge in [0.25, 0.3) is 5.91 Å². The number of para-hydroxylation sites is 3. The van der Waals surface area contributed by atoms with Crippen LogP contribution in [0, 0.1) is 0 Å². The van der Waals surface area contributed by atoms with E-state index in [-0.39, 0.29) is 5.71 Å². The first-order valence-corrected chi connectivity index (χ1v) is 11.1. The van der Waals surface area contributed by atoms with Gasteiger partial charge in [-0.25, -0.2) is 0 Å². The van der Waals surface area contributed by atoms with Gasteiger partial charge in [-0.2, -0.15) is 5.10 Å². The van der Waals surface area contributed by atoms with Gasteiger partial charge in [0.05, 0.1) is 33.7 Å². The molecule has 3 rings (SSSR count). The number of hydrazone groups is 1. The third-order valence-corrected chi connectivity index (χ3v) is 5.90. The van der Waals surface area contributed by atoms with Gasteiger partial charge in [0, 0.05) is 5.54 Å². The number of nitrogens with zero attached hydrogens (tertiary/aromatic N) is 1. The van der Waals surface area contributed by atoms with E-state index < -0.39 is 33.4 Å². The number of carbonyl (C=O) groups excluding carboxylic acids is 2. The summed E-state index contributed by atoms with van der Waals surface area (Å²) in [6.45, 7) is 7.85. The summed E-state index contributed by atoms with van der Waals surface area (Å²) in [6, 6.07) is 13.8. The Labute approximate surface area is 183 Å². The Hall–Kier alpha value is -3.20. The molecule has 3 N–H and O–H groups in total. The van der Waals surface area contributed by atoms with Crippen LogP contribution in [0.1, 0.15) is 27.7 Å². The zero-order chi connectivity index (χ0) is 22.6. The van der Waals surface area contributed by atoms with Crippen molar-refractivity contribution in [2.24, 2.45) is 5.10 Å². The zero-order valence-corrected chi connectivity index (χ0v) is 18.7. The second kappa shape index (κ2) is 9.30. The van der Waals surface area contributed by atoms with Gasteiger partial charge in [-0.3, -0.25) is 13.8 Å². The van der Waals surface area contributed by atoms with Crippen LogP contribution in [0.2, 0.25) is 0 Å². The van der Waals surface area contributed by atoms with E-state index in [0.29, 0.717) is 28.6 Å². The second-order valence-corrected chi connectivity index (χ2v) is 9.41. The lowest BCUT2D eigenvalue weighted by atomic mass is 10.1. The van der Waals surface area contributed by atoms with Gasteiger partial charge in [-0.05, 0) is 52.0 Å². The number of benzene rings is 2. The highest BCUT2D eigenvalue weighted by atomic mass is 32.2. The molecule has 0 spiro atoms. The van der Waals surface area contributed by atoms with Crippen molar-refractivity contribution in [3.05, 3.63) is 48.5 Å². The van der Waals surface area contributed by atoms with Crippen LogP contribution in [-0.4, -0.2) is 39.1 Å². The van der Waals surface area contributed by atoms with E-state index in [1.54, 1.807) is 48.5 Å². The maximum absolute atomic E-state index is 13.3. The van der Waals surface area contributed by atoms with Crippen molar-refractivity contribution >= 4 is 39.7 Å². The summed E-state index contributed by atoms with van der Waals surface area (Å²) < 4.78 is 18.8. The van der Waals surface area contributed by atoms with E-state index in [4.69, 9.17) is 4.74 Å². The highest BCUT2D eigenvalue weighted by Gasteiger charge is 2.40. The Morgan fingerprint density at radius 1 is 1.16 bits per heavy atom. The lowest BCUT2D eigenvalue weighted by Crippen LogP contribution is -2.48. The number of fused-ring (bicyclic) bond motifs is 1. The van der Waals surface area contributed by atoms with E-state index in [9.17, 15) is 13.8 Å². The number of hydrogen-bond donors (Lipinski definition) is 3. The van der Waals surface area contributed by atoms with Gasteiger partial charge in [0.2, 0.25) is 5.91 Å². The third kappa shape index (κ3) is 5.29. The molecule has 0 bridgehead atoms. The summed E-state index contributed by atoms with van der Waals surface area (Å²) in [5.41, 5.74) is 3.12. The first-order chi connectivity index (χ1) is 14.7. The van der Waals surface area contributed by atoms with Crippen molar-refractivity contribution in [3.63, 3.8) is 0 Å². The highest BCUT2D eigenvalue weighted by molar-refractivity contribution is 7.88. The first-order valence-electron chi connectivity index (χ1n) is 9.89. The minimum atomic E-state index is -1.80. The fraction of sp³-hybridized carbons (Fsp3) is 0.318. The Balaban J connectivity index is 1.99. The molecule has 8 nitrogen and oxygen atoms in total. The average Bonchev–Trinajstić information content (AvgIpc) is 2.71. The standard InChI is InChI=1S/C22H26N4O4S/c1-5-30-16-12-8-6-10-14(16)23-20(27)18(25-26-22(2,3)4)19-21(28)24-15-11-7-9-13-17(15)31(19)29/h6-13,19,26H,5H2,1-4H3,(H,23,27)(H,24,28)/b25-18-/t19-,31-/m0/s1. The Morgan fingerprint density at radius 2 is 1.84 bits per heavy atom. The fourth-order valence-corrected chi connectivity index (χ4v) is 4.31. The van der Waals surface area contributed by atoms with E-state index in [1.807, 2.05) is 27.7 Å². The predicted octanol–water partition coefficient (Wildman–Crippen LogP) is 2.90. The van der Waals surface area contributed by atoms with Crippen molar-refractivity contribution in [1.82, 2.24) is 5.43 Å². The summed E-state index contributed by atoms with van der Waals surface area (Å²) in [5, 5.41) is 8.42. The normalized spacial score (nSPS) is 18.6. The molecule has 0 fully saturated rings. The van der Waals surface area contributed by atoms with Crippen LogP contribution in [0.4, 0.5) is 11.4 Å². The summed E-state index contributed by atoms with van der Waals surface area (Å²) in [5.74, 6) is -0.711. The highest BCUT2D eigenvalue weighted by Crippen LogP contribution is 2.29. The largest absolute Gasteiger partial charge is 0.492 e. The van der Waals surface area contributed by atoms with E-state index in [0.717, 1.165) is 0 Å². The van der Waals surface area contributed by atoms with Gasteiger partial charge in [0.15, 0.2) is 11.0 Å². The molecule has 0 radical (unpaired) electrons. The number of amides is 2. The topological polar surface area (TPSA) is 109 Å². The third-order valence-electron chi connectivity index (χ3n) is 4.24. The molecule has 0 aliphatic carbocycles. The Bertz CT molecular complexity index is 1050. The lowest BCUT2D eigenvalue weighted by molar-refractivity contribution is -0.116. The van der Waals surface area contributed by atoms with E-state index >= 15 is 0 Å². The summed E-state index contributed by atoms with van der Waals surface area (Å²) in [6.07, 6.45) is 0. The molecule has 164 valence electrons. The van der Waals surface area contributed by atoms with Crippen LogP contribution in [0.3, 0.4) is 0 Å². The number of hydrogen-bond acceptors (Lipinski definition) is 6. The average molecular weight is 443 g/mol. The van der Waals surface area contributed by atoms with Crippen LogP contribution >= 0.6 is 0 Å². The van der Waals surface area contributed by atoms with Crippen molar-refractivity contribution in [2.75, 3.05) is 17.2 Å². The van der Waals surface area contributed by atoms with Gasteiger partial charge in [0.1, 0.15) is 5.75 Å². The lowest BCUT2D eigenvalue weighted by Gasteiger charge is -2.26. The minimum Gasteiger partial charge on any atom is -0.492 e. The summed E-state index contributed by atoms with van der Waals surface area (Å²) in [7, 11) is -1.80. The molecule has 1 heterocycles. The smallest absolute Gasteiger partial charge is 0.273 e. The number of nitrogens with one attached hydrogen (secondary N) is 3.